The maximum absolute atomic E-state index is 12.5. The lowest BCUT2D eigenvalue weighted by molar-refractivity contribution is -0.113. The summed E-state index contributed by atoms with van der Waals surface area (Å²) in [5, 5.41) is 8.24. The number of thioether (sulfide) groups is 1. The minimum atomic E-state index is -0.0414. The minimum Gasteiger partial charge on any atom is -0.310 e. The van der Waals surface area contributed by atoms with Gasteiger partial charge in [-0.15, -0.1) is 0 Å². The van der Waals surface area contributed by atoms with Crippen LogP contribution >= 0.6 is 11.8 Å². The number of nitrogens with one attached hydrogen (secondary N) is 1. The standard InChI is InChI=1S/C21H25N5OS/c1-15-6-5-9-18(16(15)2)25-13-12-22-21(25)28-14-20(27)24-19-10-11-23-26(19)17-7-3-4-8-17/h5-6,9-13,17H,3-4,7-8,14H2,1-2H3,(H,24,27). The van der Waals surface area contributed by atoms with Crippen LogP contribution in [-0.2, 0) is 4.79 Å². The zero-order valence-corrected chi connectivity index (χ0v) is 17.1. The van der Waals surface area contributed by atoms with E-state index in [2.05, 4.69) is 41.4 Å². The van der Waals surface area contributed by atoms with Gasteiger partial charge in [-0.25, -0.2) is 9.67 Å². The molecule has 0 spiro atoms. The lowest BCUT2D eigenvalue weighted by Gasteiger charge is -2.15. The number of nitrogens with zero attached hydrogens (tertiary/aromatic N) is 4. The van der Waals surface area contributed by atoms with Gasteiger partial charge in [0.25, 0.3) is 0 Å². The van der Waals surface area contributed by atoms with Crippen LogP contribution in [0.15, 0.2) is 48.0 Å². The van der Waals surface area contributed by atoms with Gasteiger partial charge in [-0.05, 0) is 43.9 Å². The maximum Gasteiger partial charge on any atom is 0.235 e. The fraction of sp³-hybridized carbons (Fsp3) is 0.381. The van der Waals surface area contributed by atoms with Crippen LogP contribution < -0.4 is 5.32 Å². The number of imidazole rings is 1. The summed E-state index contributed by atoms with van der Waals surface area (Å²) in [7, 11) is 0. The number of carbonyl (C=O) groups excluding carboxylic acids is 1. The molecule has 4 rings (SSSR count). The number of anilines is 1. The predicted octanol–water partition coefficient (Wildman–Crippen LogP) is 4.53. The van der Waals surface area contributed by atoms with Crippen molar-refractivity contribution in [2.24, 2.45) is 0 Å². The minimum absolute atomic E-state index is 0.0414. The Hall–Kier alpha value is -2.54. The van der Waals surface area contributed by atoms with Gasteiger partial charge in [-0.1, -0.05) is 36.7 Å². The summed E-state index contributed by atoms with van der Waals surface area (Å²) in [4.78, 5) is 17.0. The Bertz CT molecular complexity index is 971. The molecule has 7 heteroatoms. The van der Waals surface area contributed by atoms with Crippen LogP contribution in [-0.4, -0.2) is 31.0 Å². The monoisotopic (exact) mass is 395 g/mol. The number of hydrogen-bond donors (Lipinski definition) is 1. The van der Waals surface area contributed by atoms with Gasteiger partial charge in [0.15, 0.2) is 5.16 Å². The first-order valence-electron chi connectivity index (χ1n) is 9.69. The number of benzene rings is 1. The molecular weight excluding hydrogens is 370 g/mol. The molecule has 0 bridgehead atoms. The third-order valence-corrected chi connectivity index (χ3v) is 6.35. The van der Waals surface area contributed by atoms with E-state index in [0.717, 1.165) is 29.5 Å². The number of aromatic nitrogens is 4. The zero-order chi connectivity index (χ0) is 19.5. The van der Waals surface area contributed by atoms with E-state index in [4.69, 9.17) is 0 Å². The van der Waals surface area contributed by atoms with Crippen LogP contribution in [0.4, 0.5) is 5.82 Å². The first-order valence-corrected chi connectivity index (χ1v) is 10.7. The lowest BCUT2D eigenvalue weighted by Crippen LogP contribution is -2.19. The molecule has 28 heavy (non-hydrogen) atoms. The van der Waals surface area contributed by atoms with Crippen molar-refractivity contribution in [2.45, 2.75) is 50.7 Å². The fourth-order valence-electron chi connectivity index (χ4n) is 3.74. The molecule has 1 aliphatic rings. The molecule has 0 unspecified atom stereocenters. The molecule has 1 fully saturated rings. The maximum atomic E-state index is 12.5. The Morgan fingerprint density at radius 3 is 2.86 bits per heavy atom. The summed E-state index contributed by atoms with van der Waals surface area (Å²) >= 11 is 1.44. The Morgan fingerprint density at radius 1 is 1.21 bits per heavy atom. The van der Waals surface area contributed by atoms with Crippen LogP contribution in [0.25, 0.3) is 5.69 Å². The van der Waals surface area contributed by atoms with E-state index in [1.807, 2.05) is 27.6 Å². The van der Waals surface area contributed by atoms with Crippen LogP contribution in [0.5, 0.6) is 0 Å². The van der Waals surface area contributed by atoms with Crippen molar-refractivity contribution in [1.29, 1.82) is 0 Å². The third kappa shape index (κ3) is 3.85. The highest BCUT2D eigenvalue weighted by Gasteiger charge is 2.20. The molecule has 2 heterocycles. The van der Waals surface area contributed by atoms with E-state index in [-0.39, 0.29) is 5.91 Å². The molecule has 6 nitrogen and oxygen atoms in total. The zero-order valence-electron chi connectivity index (χ0n) is 16.3. The second-order valence-electron chi connectivity index (χ2n) is 7.24. The average molecular weight is 396 g/mol. The molecule has 3 aromatic rings. The molecule has 1 aromatic carbocycles. The normalized spacial score (nSPS) is 14.5. The molecule has 1 aliphatic carbocycles. The summed E-state index contributed by atoms with van der Waals surface area (Å²) in [6.07, 6.45) is 10.2. The van der Waals surface area contributed by atoms with E-state index >= 15 is 0 Å². The SMILES string of the molecule is Cc1cccc(-n2ccnc2SCC(=O)Nc2ccnn2C2CCCC2)c1C. The van der Waals surface area contributed by atoms with Crippen LogP contribution in [0, 0.1) is 13.8 Å². The van der Waals surface area contributed by atoms with Crippen molar-refractivity contribution in [3.8, 4) is 5.69 Å². The van der Waals surface area contributed by atoms with Crippen molar-refractivity contribution < 1.29 is 4.79 Å². The molecule has 1 amide bonds. The Labute approximate surface area is 169 Å². The molecule has 0 saturated heterocycles. The van der Waals surface area contributed by atoms with Gasteiger partial charge in [0.1, 0.15) is 5.82 Å². The Morgan fingerprint density at radius 2 is 2.04 bits per heavy atom. The van der Waals surface area contributed by atoms with Crippen molar-refractivity contribution in [1.82, 2.24) is 19.3 Å². The predicted molar refractivity (Wildman–Crippen MR) is 112 cm³/mol. The molecule has 146 valence electrons. The fourth-order valence-corrected chi connectivity index (χ4v) is 4.50. The Kier molecular flexibility index (Phi) is 5.52. The molecule has 0 radical (unpaired) electrons. The van der Waals surface area contributed by atoms with E-state index in [9.17, 15) is 4.79 Å². The topological polar surface area (TPSA) is 64.7 Å². The van der Waals surface area contributed by atoms with Crippen molar-refractivity contribution in [3.63, 3.8) is 0 Å². The van der Waals surface area contributed by atoms with E-state index in [0.29, 0.717) is 11.8 Å². The Balaban J connectivity index is 1.42. The van der Waals surface area contributed by atoms with Crippen molar-refractivity contribution in [2.75, 3.05) is 11.1 Å². The van der Waals surface area contributed by atoms with Gasteiger partial charge >= 0.3 is 0 Å². The van der Waals surface area contributed by atoms with Gasteiger partial charge < -0.3 is 5.32 Å². The largest absolute Gasteiger partial charge is 0.310 e. The van der Waals surface area contributed by atoms with Crippen LogP contribution in [0.1, 0.15) is 42.9 Å². The first-order chi connectivity index (χ1) is 13.6. The first kappa shape index (κ1) is 18.8. The highest BCUT2D eigenvalue weighted by molar-refractivity contribution is 7.99. The van der Waals surface area contributed by atoms with Crippen molar-refractivity contribution in [3.05, 3.63) is 54.0 Å². The lowest BCUT2D eigenvalue weighted by atomic mass is 10.1. The molecule has 0 aliphatic heterocycles. The molecule has 2 aromatic heterocycles. The van der Waals surface area contributed by atoms with Gasteiger partial charge in [0, 0.05) is 18.5 Å². The van der Waals surface area contributed by atoms with Gasteiger partial charge in [0.2, 0.25) is 5.91 Å². The third-order valence-electron chi connectivity index (χ3n) is 5.38. The summed E-state index contributed by atoms with van der Waals surface area (Å²) in [6.45, 7) is 4.21. The smallest absolute Gasteiger partial charge is 0.235 e. The highest BCUT2D eigenvalue weighted by Crippen LogP contribution is 2.31. The molecule has 1 saturated carbocycles. The van der Waals surface area contributed by atoms with Crippen LogP contribution in [0.3, 0.4) is 0 Å². The van der Waals surface area contributed by atoms with Crippen LogP contribution in [0.2, 0.25) is 0 Å². The number of aryl methyl sites for hydroxylation is 1. The van der Waals surface area contributed by atoms with Gasteiger partial charge in [-0.2, -0.15) is 5.10 Å². The summed E-state index contributed by atoms with van der Waals surface area (Å²) in [5.41, 5.74) is 3.55. The second-order valence-corrected chi connectivity index (χ2v) is 8.18. The highest BCUT2D eigenvalue weighted by atomic mass is 32.2. The van der Waals surface area contributed by atoms with E-state index in [1.54, 1.807) is 12.4 Å². The molecular formula is C21H25N5OS. The summed E-state index contributed by atoms with van der Waals surface area (Å²) in [6, 6.07) is 8.50. The number of amides is 1. The second kappa shape index (κ2) is 8.22. The molecule has 1 N–H and O–H groups in total. The number of carbonyl (C=O) groups is 1. The van der Waals surface area contributed by atoms with Gasteiger partial charge in [-0.3, -0.25) is 9.36 Å². The average Bonchev–Trinajstić information content (AvgIpc) is 3.43. The number of rotatable bonds is 6. The van der Waals surface area contributed by atoms with E-state index in [1.165, 1.54) is 35.7 Å². The summed E-state index contributed by atoms with van der Waals surface area (Å²) < 4.78 is 4.01. The van der Waals surface area contributed by atoms with Crippen molar-refractivity contribution >= 4 is 23.5 Å². The van der Waals surface area contributed by atoms with Gasteiger partial charge in [0.05, 0.1) is 23.7 Å². The summed E-state index contributed by atoms with van der Waals surface area (Å²) in [5.74, 6) is 1.05. The van der Waals surface area contributed by atoms with E-state index < -0.39 is 0 Å². The quantitative estimate of drug-likeness (QED) is 0.623. The number of hydrogen-bond acceptors (Lipinski definition) is 4. The molecule has 0 atom stereocenters.